The van der Waals surface area contributed by atoms with E-state index in [0.717, 1.165) is 36.8 Å². The third-order valence-corrected chi connectivity index (χ3v) is 4.32. The fourth-order valence-corrected chi connectivity index (χ4v) is 3.45. The summed E-state index contributed by atoms with van der Waals surface area (Å²) in [4.78, 5) is 14.7. The lowest BCUT2D eigenvalue weighted by Gasteiger charge is -2.31. The van der Waals surface area contributed by atoms with Gasteiger partial charge in [-0.2, -0.15) is 0 Å². The van der Waals surface area contributed by atoms with E-state index in [0.29, 0.717) is 6.04 Å². The van der Waals surface area contributed by atoms with Crippen LogP contribution in [0.15, 0.2) is 36.4 Å². The zero-order valence-electron chi connectivity index (χ0n) is 10.2. The van der Waals surface area contributed by atoms with E-state index in [1.54, 1.807) is 0 Å². The van der Waals surface area contributed by atoms with Crippen LogP contribution in [0, 0.1) is 0 Å². The molecule has 0 bridgehead atoms. The van der Waals surface area contributed by atoms with Gasteiger partial charge in [-0.15, -0.1) is 0 Å². The van der Waals surface area contributed by atoms with Crippen molar-refractivity contribution in [2.24, 2.45) is 0 Å². The van der Waals surface area contributed by atoms with Gasteiger partial charge >= 0.3 is 0 Å². The monoisotopic (exact) mass is 237 g/mol. The number of rotatable bonds is 0. The summed E-state index contributed by atoms with van der Waals surface area (Å²) < 4.78 is 0. The first-order valence-corrected chi connectivity index (χ1v) is 6.66. The Bertz CT molecular complexity index is 647. The molecule has 0 aliphatic carbocycles. The average Bonchev–Trinajstić information content (AvgIpc) is 2.87. The van der Waals surface area contributed by atoms with Crippen LogP contribution in [0.4, 0.5) is 0 Å². The molecule has 0 saturated carbocycles. The smallest absolute Gasteiger partial charge is 0.255 e. The number of nitrogens with zero attached hydrogens (tertiary/aromatic N) is 1. The molecule has 2 nitrogen and oxygen atoms in total. The van der Waals surface area contributed by atoms with Crippen LogP contribution in [0.5, 0.6) is 0 Å². The van der Waals surface area contributed by atoms with Crippen molar-refractivity contribution in [2.45, 2.75) is 25.3 Å². The van der Waals surface area contributed by atoms with Gasteiger partial charge in [0.1, 0.15) is 0 Å². The highest BCUT2D eigenvalue weighted by atomic mass is 16.2. The van der Waals surface area contributed by atoms with Gasteiger partial charge in [0.2, 0.25) is 0 Å². The Morgan fingerprint density at radius 2 is 2.00 bits per heavy atom. The van der Waals surface area contributed by atoms with E-state index < -0.39 is 0 Å². The van der Waals surface area contributed by atoms with Gasteiger partial charge in [0.15, 0.2) is 0 Å². The second-order valence-electron chi connectivity index (χ2n) is 5.32. The molecular weight excluding hydrogens is 222 g/mol. The molecule has 1 unspecified atom stereocenters. The van der Waals surface area contributed by atoms with Gasteiger partial charge in [0.25, 0.3) is 5.91 Å². The lowest BCUT2D eigenvalue weighted by Crippen LogP contribution is -2.41. The normalized spacial score (nSPS) is 22.1. The van der Waals surface area contributed by atoms with Crippen molar-refractivity contribution < 1.29 is 4.79 Å². The molecule has 0 aromatic heterocycles. The molecule has 1 saturated heterocycles. The molecule has 2 heterocycles. The maximum atomic E-state index is 12.6. The van der Waals surface area contributed by atoms with Gasteiger partial charge in [-0.05, 0) is 35.6 Å². The standard InChI is InChI=1S/C16H15NO/c18-16-15-12(10-13-5-3-9-17(13)16)8-7-11-4-1-2-6-14(11)15/h1-2,4,6-8,13H,3,5,9-10H2. The summed E-state index contributed by atoms with van der Waals surface area (Å²) in [6, 6.07) is 12.9. The summed E-state index contributed by atoms with van der Waals surface area (Å²) in [5.74, 6) is 0.246. The van der Waals surface area contributed by atoms with Crippen molar-refractivity contribution in [2.75, 3.05) is 6.54 Å². The van der Waals surface area contributed by atoms with Crippen molar-refractivity contribution >= 4 is 16.7 Å². The number of amides is 1. The third-order valence-electron chi connectivity index (χ3n) is 4.32. The summed E-state index contributed by atoms with van der Waals surface area (Å²) in [7, 11) is 0. The summed E-state index contributed by atoms with van der Waals surface area (Å²) in [5.41, 5.74) is 2.19. The van der Waals surface area contributed by atoms with E-state index in [9.17, 15) is 4.79 Å². The summed E-state index contributed by atoms with van der Waals surface area (Å²) >= 11 is 0. The Morgan fingerprint density at radius 3 is 2.94 bits per heavy atom. The van der Waals surface area contributed by atoms with E-state index >= 15 is 0 Å². The summed E-state index contributed by atoms with van der Waals surface area (Å²) in [5, 5.41) is 2.28. The average molecular weight is 237 g/mol. The second-order valence-corrected chi connectivity index (χ2v) is 5.32. The SMILES string of the molecule is O=C1c2c(ccc3ccccc23)CC2CCCN12. The number of hydrogen-bond acceptors (Lipinski definition) is 1. The lowest BCUT2D eigenvalue weighted by molar-refractivity contribution is 0.0717. The van der Waals surface area contributed by atoms with Crippen LogP contribution in [0.25, 0.3) is 10.8 Å². The lowest BCUT2D eigenvalue weighted by atomic mass is 9.90. The van der Waals surface area contributed by atoms with E-state index in [4.69, 9.17) is 0 Å². The molecule has 1 fully saturated rings. The largest absolute Gasteiger partial charge is 0.335 e. The molecule has 2 aliphatic heterocycles. The van der Waals surface area contributed by atoms with E-state index in [1.807, 2.05) is 12.1 Å². The Balaban J connectivity index is 1.99. The first-order chi connectivity index (χ1) is 8.84. The molecular formula is C16H15NO. The van der Waals surface area contributed by atoms with Gasteiger partial charge in [-0.1, -0.05) is 36.4 Å². The molecule has 0 spiro atoms. The molecule has 0 N–H and O–H groups in total. The van der Waals surface area contributed by atoms with Crippen LogP contribution in [0.1, 0.15) is 28.8 Å². The predicted molar refractivity (Wildman–Crippen MR) is 71.7 cm³/mol. The van der Waals surface area contributed by atoms with Crippen molar-refractivity contribution in [1.29, 1.82) is 0 Å². The highest BCUT2D eigenvalue weighted by Gasteiger charge is 2.36. The Labute approximate surface area is 106 Å². The van der Waals surface area contributed by atoms with Crippen molar-refractivity contribution in [3.8, 4) is 0 Å². The molecule has 2 aromatic carbocycles. The van der Waals surface area contributed by atoms with Gasteiger partial charge in [0.05, 0.1) is 5.56 Å². The minimum Gasteiger partial charge on any atom is -0.335 e. The summed E-state index contributed by atoms with van der Waals surface area (Å²) in [6.07, 6.45) is 3.35. The Kier molecular flexibility index (Phi) is 2.01. The Morgan fingerprint density at radius 1 is 1.11 bits per heavy atom. The topological polar surface area (TPSA) is 20.3 Å². The second kappa shape index (κ2) is 3.58. The summed E-state index contributed by atoms with van der Waals surface area (Å²) in [6.45, 7) is 0.937. The molecule has 4 rings (SSSR count). The van der Waals surface area contributed by atoms with Gasteiger partial charge < -0.3 is 4.90 Å². The molecule has 90 valence electrons. The highest BCUT2D eigenvalue weighted by molar-refractivity contribution is 6.09. The maximum Gasteiger partial charge on any atom is 0.255 e. The van der Waals surface area contributed by atoms with Crippen LogP contribution in [0.2, 0.25) is 0 Å². The van der Waals surface area contributed by atoms with Crippen LogP contribution in [-0.4, -0.2) is 23.4 Å². The molecule has 0 radical (unpaired) electrons. The maximum absolute atomic E-state index is 12.6. The number of carbonyl (C=O) groups is 1. The number of carbonyl (C=O) groups excluding carboxylic acids is 1. The predicted octanol–water partition coefficient (Wildman–Crippen LogP) is 3.00. The van der Waals surface area contributed by atoms with E-state index in [2.05, 4.69) is 29.2 Å². The molecule has 18 heavy (non-hydrogen) atoms. The van der Waals surface area contributed by atoms with E-state index in [-0.39, 0.29) is 5.91 Å². The van der Waals surface area contributed by atoms with Crippen LogP contribution in [0.3, 0.4) is 0 Å². The van der Waals surface area contributed by atoms with Crippen LogP contribution < -0.4 is 0 Å². The molecule has 2 aliphatic rings. The molecule has 2 aromatic rings. The third kappa shape index (κ3) is 1.26. The van der Waals surface area contributed by atoms with Gasteiger partial charge in [-0.3, -0.25) is 4.79 Å². The number of hydrogen-bond donors (Lipinski definition) is 0. The minimum atomic E-state index is 0.246. The molecule has 1 atom stereocenters. The zero-order chi connectivity index (χ0) is 12.1. The first kappa shape index (κ1) is 10.1. The quantitative estimate of drug-likeness (QED) is 0.689. The zero-order valence-corrected chi connectivity index (χ0v) is 10.2. The van der Waals surface area contributed by atoms with Gasteiger partial charge in [-0.25, -0.2) is 0 Å². The van der Waals surface area contributed by atoms with E-state index in [1.165, 1.54) is 10.9 Å². The number of fused-ring (bicyclic) bond motifs is 4. The van der Waals surface area contributed by atoms with Crippen molar-refractivity contribution in [3.05, 3.63) is 47.5 Å². The fourth-order valence-electron chi connectivity index (χ4n) is 3.45. The first-order valence-electron chi connectivity index (χ1n) is 6.66. The molecule has 2 heteroatoms. The van der Waals surface area contributed by atoms with Gasteiger partial charge in [0, 0.05) is 12.6 Å². The fraction of sp³-hybridized carbons (Fsp3) is 0.312. The Hall–Kier alpha value is -1.83. The van der Waals surface area contributed by atoms with Crippen LogP contribution >= 0.6 is 0 Å². The molecule has 1 amide bonds. The van der Waals surface area contributed by atoms with Crippen molar-refractivity contribution in [3.63, 3.8) is 0 Å². The van der Waals surface area contributed by atoms with Crippen LogP contribution in [-0.2, 0) is 6.42 Å². The van der Waals surface area contributed by atoms with Crippen molar-refractivity contribution in [1.82, 2.24) is 4.90 Å². The number of benzene rings is 2. The minimum absolute atomic E-state index is 0.246. The highest BCUT2D eigenvalue weighted by Crippen LogP contribution is 2.33.